The molecule has 1 aromatic heterocycles. The van der Waals surface area contributed by atoms with Crippen molar-refractivity contribution in [2.75, 3.05) is 37.7 Å². The SMILES string of the molecule is CC1(C)OB(c2cnc(N(C[C@@H]3CCCN(CCO)C3)C3CC3)nc2)OC1(C)C. The molecule has 0 radical (unpaired) electrons. The number of nitrogens with zero attached hydrogens (tertiary/aromatic N) is 4. The van der Waals surface area contributed by atoms with Crippen LogP contribution < -0.4 is 10.4 Å². The average Bonchev–Trinajstić information content (AvgIpc) is 3.48. The van der Waals surface area contributed by atoms with Gasteiger partial charge in [0.1, 0.15) is 0 Å². The number of piperidine rings is 1. The van der Waals surface area contributed by atoms with Gasteiger partial charge < -0.3 is 24.2 Å². The topological polar surface area (TPSA) is 71.0 Å². The smallest absolute Gasteiger partial charge is 0.399 e. The molecule has 0 bridgehead atoms. The van der Waals surface area contributed by atoms with Gasteiger partial charge in [-0.2, -0.15) is 0 Å². The third kappa shape index (κ3) is 4.60. The van der Waals surface area contributed by atoms with Crippen LogP contribution in [0.1, 0.15) is 53.4 Å². The summed E-state index contributed by atoms with van der Waals surface area (Å²) < 4.78 is 12.2. The minimum absolute atomic E-state index is 0.239. The van der Waals surface area contributed by atoms with Crippen molar-refractivity contribution < 1.29 is 14.4 Å². The Bertz CT molecular complexity index is 678. The van der Waals surface area contributed by atoms with Gasteiger partial charge in [0.15, 0.2) is 0 Å². The lowest BCUT2D eigenvalue weighted by Crippen LogP contribution is -2.43. The van der Waals surface area contributed by atoms with E-state index in [4.69, 9.17) is 19.3 Å². The fourth-order valence-electron chi connectivity index (χ4n) is 4.28. The highest BCUT2D eigenvalue weighted by Crippen LogP contribution is 2.36. The highest BCUT2D eigenvalue weighted by Gasteiger charge is 2.52. The van der Waals surface area contributed by atoms with Gasteiger partial charge in [-0.25, -0.2) is 9.97 Å². The summed E-state index contributed by atoms with van der Waals surface area (Å²) in [6.07, 6.45) is 8.59. The molecular formula is C21H35BN4O3. The molecule has 7 nitrogen and oxygen atoms in total. The Morgan fingerprint density at radius 3 is 2.38 bits per heavy atom. The summed E-state index contributed by atoms with van der Waals surface area (Å²) in [7, 11) is -0.422. The van der Waals surface area contributed by atoms with Crippen molar-refractivity contribution in [1.82, 2.24) is 14.9 Å². The summed E-state index contributed by atoms with van der Waals surface area (Å²) in [6, 6.07) is 0.561. The third-order valence-electron chi connectivity index (χ3n) is 6.90. The lowest BCUT2D eigenvalue weighted by Gasteiger charge is -2.35. The van der Waals surface area contributed by atoms with Gasteiger partial charge in [-0.15, -0.1) is 0 Å². The average molecular weight is 402 g/mol. The Kier molecular flexibility index (Phi) is 5.90. The maximum atomic E-state index is 9.25. The summed E-state index contributed by atoms with van der Waals surface area (Å²) in [4.78, 5) is 14.2. The molecular weight excluding hydrogens is 367 g/mol. The zero-order valence-electron chi connectivity index (χ0n) is 18.3. The molecule has 1 aromatic rings. The molecule has 8 heteroatoms. The van der Waals surface area contributed by atoms with E-state index < -0.39 is 7.12 Å². The first-order valence-corrected chi connectivity index (χ1v) is 11.1. The molecule has 3 heterocycles. The monoisotopic (exact) mass is 402 g/mol. The van der Waals surface area contributed by atoms with Gasteiger partial charge >= 0.3 is 7.12 Å². The van der Waals surface area contributed by atoms with E-state index in [1.165, 1.54) is 25.7 Å². The molecule has 1 aliphatic carbocycles. The third-order valence-corrected chi connectivity index (χ3v) is 6.90. The van der Waals surface area contributed by atoms with Crippen LogP contribution in [0, 0.1) is 5.92 Å². The molecule has 3 aliphatic rings. The highest BCUT2D eigenvalue weighted by molar-refractivity contribution is 6.61. The van der Waals surface area contributed by atoms with Gasteiger partial charge in [0.05, 0.1) is 17.8 Å². The zero-order chi connectivity index (χ0) is 20.6. The van der Waals surface area contributed by atoms with E-state index in [0.29, 0.717) is 12.0 Å². The lowest BCUT2D eigenvalue weighted by molar-refractivity contribution is 0.00578. The van der Waals surface area contributed by atoms with Gasteiger partial charge in [0, 0.05) is 43.5 Å². The number of aliphatic hydroxyl groups is 1. The molecule has 0 amide bonds. The summed E-state index contributed by atoms with van der Waals surface area (Å²) in [6.45, 7) is 12.4. The van der Waals surface area contributed by atoms with Gasteiger partial charge in [-0.05, 0) is 65.8 Å². The molecule has 1 atom stereocenters. The van der Waals surface area contributed by atoms with Crippen LogP contribution in [0.4, 0.5) is 5.95 Å². The summed E-state index contributed by atoms with van der Waals surface area (Å²) >= 11 is 0. The molecule has 1 N–H and O–H groups in total. The van der Waals surface area contributed by atoms with Crippen molar-refractivity contribution >= 4 is 18.5 Å². The fraction of sp³-hybridized carbons (Fsp3) is 0.810. The summed E-state index contributed by atoms with van der Waals surface area (Å²) in [5.41, 5.74) is 0.144. The second kappa shape index (κ2) is 8.14. The second-order valence-corrected chi connectivity index (χ2v) is 9.82. The van der Waals surface area contributed by atoms with E-state index in [1.54, 1.807) is 0 Å². The van der Waals surface area contributed by atoms with Crippen LogP contribution >= 0.6 is 0 Å². The molecule has 3 fully saturated rings. The predicted molar refractivity (Wildman–Crippen MR) is 114 cm³/mol. The Balaban J connectivity index is 1.43. The molecule has 29 heavy (non-hydrogen) atoms. The minimum Gasteiger partial charge on any atom is -0.399 e. The second-order valence-electron chi connectivity index (χ2n) is 9.82. The molecule has 1 saturated carbocycles. The Morgan fingerprint density at radius 2 is 1.79 bits per heavy atom. The number of rotatable bonds is 7. The normalized spacial score (nSPS) is 26.7. The largest absolute Gasteiger partial charge is 0.498 e. The van der Waals surface area contributed by atoms with E-state index in [-0.39, 0.29) is 17.8 Å². The molecule has 2 aliphatic heterocycles. The molecule has 2 saturated heterocycles. The fourth-order valence-corrected chi connectivity index (χ4v) is 4.28. The summed E-state index contributed by atoms with van der Waals surface area (Å²) in [5, 5.41) is 9.25. The number of aromatic nitrogens is 2. The standard InChI is InChI=1S/C21H35BN4O3/c1-20(2)21(3,4)29-22(28-20)17-12-23-19(24-13-17)26(18-7-8-18)15-16-6-5-9-25(14-16)10-11-27/h12-13,16,18,27H,5-11,14-15H2,1-4H3/t16-/m1/s1. The number of likely N-dealkylation sites (tertiary alicyclic amines) is 1. The number of β-amino-alcohol motifs (C(OH)–C–C–N with tert-alkyl or cyclic N) is 1. The summed E-state index contributed by atoms with van der Waals surface area (Å²) in [5.74, 6) is 1.41. The van der Waals surface area contributed by atoms with Crippen molar-refractivity contribution in [2.24, 2.45) is 5.92 Å². The molecule has 4 rings (SSSR count). The van der Waals surface area contributed by atoms with Crippen LogP contribution in [0.3, 0.4) is 0 Å². The van der Waals surface area contributed by atoms with Crippen LogP contribution in [0.15, 0.2) is 12.4 Å². The maximum Gasteiger partial charge on any atom is 0.498 e. The van der Waals surface area contributed by atoms with E-state index in [1.807, 2.05) is 12.4 Å². The van der Waals surface area contributed by atoms with Crippen LogP contribution in [-0.2, 0) is 9.31 Å². The molecule has 160 valence electrons. The van der Waals surface area contributed by atoms with Crippen molar-refractivity contribution in [3.8, 4) is 0 Å². The number of hydrogen-bond donors (Lipinski definition) is 1. The van der Waals surface area contributed by atoms with Crippen molar-refractivity contribution in [1.29, 1.82) is 0 Å². The first-order valence-electron chi connectivity index (χ1n) is 11.1. The van der Waals surface area contributed by atoms with Crippen LogP contribution in [0.2, 0.25) is 0 Å². The first kappa shape index (κ1) is 21.0. The van der Waals surface area contributed by atoms with Crippen molar-refractivity contribution in [3.05, 3.63) is 12.4 Å². The molecule has 0 spiro atoms. The van der Waals surface area contributed by atoms with Gasteiger partial charge in [-0.3, -0.25) is 0 Å². The minimum atomic E-state index is -0.422. The van der Waals surface area contributed by atoms with Crippen molar-refractivity contribution in [3.63, 3.8) is 0 Å². The Labute approximate surface area is 174 Å². The van der Waals surface area contributed by atoms with Crippen LogP contribution in [-0.4, -0.2) is 77.1 Å². The van der Waals surface area contributed by atoms with E-state index in [0.717, 1.165) is 37.6 Å². The number of anilines is 1. The van der Waals surface area contributed by atoms with Gasteiger partial charge in [0.2, 0.25) is 5.95 Å². The molecule has 0 aromatic carbocycles. The molecule has 0 unspecified atom stereocenters. The van der Waals surface area contributed by atoms with Crippen LogP contribution in [0.25, 0.3) is 0 Å². The first-order chi connectivity index (χ1) is 13.8. The Morgan fingerprint density at radius 1 is 1.14 bits per heavy atom. The van der Waals surface area contributed by atoms with Gasteiger partial charge in [0.25, 0.3) is 0 Å². The number of aliphatic hydroxyl groups excluding tert-OH is 1. The van der Waals surface area contributed by atoms with E-state index >= 15 is 0 Å². The lowest BCUT2D eigenvalue weighted by atomic mass is 9.81. The van der Waals surface area contributed by atoms with Crippen LogP contribution in [0.5, 0.6) is 0 Å². The maximum absolute atomic E-state index is 9.25. The zero-order valence-corrected chi connectivity index (χ0v) is 18.3. The Hall–Kier alpha value is -1.22. The predicted octanol–water partition coefficient (Wildman–Crippen LogP) is 1.45. The number of hydrogen-bond acceptors (Lipinski definition) is 7. The van der Waals surface area contributed by atoms with Crippen molar-refractivity contribution in [2.45, 2.75) is 70.6 Å². The van der Waals surface area contributed by atoms with E-state index in [9.17, 15) is 5.11 Å². The quantitative estimate of drug-likeness (QED) is 0.693. The van der Waals surface area contributed by atoms with Gasteiger partial charge in [-0.1, -0.05) is 0 Å². The highest BCUT2D eigenvalue weighted by atomic mass is 16.7. The van der Waals surface area contributed by atoms with E-state index in [2.05, 4.69) is 37.5 Å².